The molecular weight excluding hydrogens is 240 g/mol. The molecule has 0 saturated carbocycles. The third-order valence-electron chi connectivity index (χ3n) is 2.58. The minimum absolute atomic E-state index is 0.405. The fourth-order valence-corrected chi connectivity index (χ4v) is 2.92. The highest BCUT2D eigenvalue weighted by Gasteiger charge is 2.27. The van der Waals surface area contributed by atoms with E-state index in [0.717, 1.165) is 11.3 Å². The lowest BCUT2D eigenvalue weighted by atomic mass is 10.2. The molecule has 1 heterocycles. The molecule has 2 rings (SSSR count). The quantitative estimate of drug-likeness (QED) is 0.864. The zero-order valence-corrected chi connectivity index (χ0v) is 10.5. The second-order valence-electron chi connectivity index (χ2n) is 3.81. The van der Waals surface area contributed by atoms with Gasteiger partial charge in [0.1, 0.15) is 5.75 Å². The summed E-state index contributed by atoms with van der Waals surface area (Å²) >= 11 is 0. The van der Waals surface area contributed by atoms with Crippen molar-refractivity contribution in [2.24, 2.45) is 0 Å². The number of hydrogen-bond donors (Lipinski definition) is 1. The minimum Gasteiger partial charge on any atom is -0.494 e. The maximum absolute atomic E-state index is 11.5. The lowest BCUT2D eigenvalue weighted by Crippen LogP contribution is -2.28. The zero-order chi connectivity index (χ0) is 12.3. The summed E-state index contributed by atoms with van der Waals surface area (Å²) in [5.74, 6) is 0.804. The van der Waals surface area contributed by atoms with Crippen LogP contribution < -0.4 is 9.46 Å². The molecule has 0 aromatic heterocycles. The zero-order valence-electron chi connectivity index (χ0n) is 9.72. The van der Waals surface area contributed by atoms with Crippen LogP contribution in [-0.2, 0) is 16.8 Å². The third kappa shape index (κ3) is 2.96. The number of nitrogens with one attached hydrogen (secondary N) is 1. The predicted octanol–water partition coefficient (Wildman–Crippen LogP) is 0.735. The Morgan fingerprint density at radius 3 is 2.59 bits per heavy atom. The van der Waals surface area contributed by atoms with Crippen LogP contribution in [0.4, 0.5) is 0 Å². The van der Waals surface area contributed by atoms with Crippen LogP contribution in [0, 0.1) is 0 Å². The van der Waals surface area contributed by atoms with Gasteiger partial charge in [-0.25, -0.2) is 4.72 Å². The lowest BCUT2D eigenvalue weighted by molar-refractivity contribution is 0.340. The van der Waals surface area contributed by atoms with Crippen LogP contribution in [0.15, 0.2) is 24.3 Å². The van der Waals surface area contributed by atoms with Gasteiger partial charge in [-0.2, -0.15) is 12.7 Å². The Labute approximate surface area is 102 Å². The summed E-state index contributed by atoms with van der Waals surface area (Å²) in [5, 5.41) is 0. The fraction of sp³-hybridized carbons (Fsp3) is 0.455. The van der Waals surface area contributed by atoms with Crippen molar-refractivity contribution in [1.82, 2.24) is 9.03 Å². The van der Waals surface area contributed by atoms with Crippen LogP contribution in [0.3, 0.4) is 0 Å². The topological polar surface area (TPSA) is 58.6 Å². The summed E-state index contributed by atoms with van der Waals surface area (Å²) in [6, 6.07) is 7.49. The van der Waals surface area contributed by atoms with E-state index in [0.29, 0.717) is 26.2 Å². The first-order valence-corrected chi connectivity index (χ1v) is 7.02. The molecular formula is C11H16N2O3S. The molecule has 5 nitrogen and oxygen atoms in total. The summed E-state index contributed by atoms with van der Waals surface area (Å²) < 4.78 is 32.3. The van der Waals surface area contributed by atoms with Gasteiger partial charge >= 0.3 is 0 Å². The van der Waals surface area contributed by atoms with Crippen molar-refractivity contribution in [3.63, 3.8) is 0 Å². The molecule has 1 aromatic carbocycles. The molecule has 94 valence electrons. The normalized spacial score (nSPS) is 19.4. The molecule has 0 aliphatic carbocycles. The average Bonchev–Trinajstić information content (AvgIpc) is 2.62. The van der Waals surface area contributed by atoms with Gasteiger partial charge in [0.15, 0.2) is 0 Å². The first-order valence-electron chi connectivity index (χ1n) is 5.58. The Morgan fingerprint density at radius 2 is 2.06 bits per heavy atom. The summed E-state index contributed by atoms with van der Waals surface area (Å²) in [6.07, 6.45) is 0. The van der Waals surface area contributed by atoms with Gasteiger partial charge < -0.3 is 4.74 Å². The molecule has 17 heavy (non-hydrogen) atoms. The van der Waals surface area contributed by atoms with E-state index in [1.807, 2.05) is 31.2 Å². The largest absolute Gasteiger partial charge is 0.494 e. The molecule has 0 atom stereocenters. The number of nitrogens with zero attached hydrogens (tertiary/aromatic N) is 1. The van der Waals surface area contributed by atoms with Gasteiger partial charge in [0.2, 0.25) is 0 Å². The second-order valence-corrected chi connectivity index (χ2v) is 5.57. The van der Waals surface area contributed by atoms with Gasteiger partial charge in [-0.15, -0.1) is 0 Å². The Kier molecular flexibility index (Phi) is 3.66. The van der Waals surface area contributed by atoms with E-state index in [-0.39, 0.29) is 0 Å². The number of ether oxygens (including phenoxy) is 1. The summed E-state index contributed by atoms with van der Waals surface area (Å²) in [5.41, 5.74) is 0.959. The molecule has 1 aliphatic rings. The molecule has 0 bridgehead atoms. The molecule has 1 saturated heterocycles. The van der Waals surface area contributed by atoms with E-state index < -0.39 is 10.2 Å². The van der Waals surface area contributed by atoms with E-state index in [1.165, 1.54) is 4.31 Å². The summed E-state index contributed by atoms with van der Waals surface area (Å²) in [4.78, 5) is 0. The van der Waals surface area contributed by atoms with E-state index >= 15 is 0 Å². The molecule has 0 radical (unpaired) electrons. The third-order valence-corrected chi connectivity index (χ3v) is 4.14. The van der Waals surface area contributed by atoms with Crippen molar-refractivity contribution >= 4 is 10.2 Å². The molecule has 1 N–H and O–H groups in total. The van der Waals surface area contributed by atoms with E-state index in [2.05, 4.69) is 4.72 Å². The number of benzene rings is 1. The minimum atomic E-state index is -3.25. The van der Waals surface area contributed by atoms with Crippen molar-refractivity contribution in [3.05, 3.63) is 29.8 Å². The highest BCUT2D eigenvalue weighted by atomic mass is 32.2. The van der Waals surface area contributed by atoms with Crippen molar-refractivity contribution in [1.29, 1.82) is 0 Å². The standard InChI is InChI=1S/C11H16N2O3S/c1-2-16-11-5-3-10(4-6-11)9-13-8-7-12-17(13,14)15/h3-6,12H,2,7-9H2,1H3. The Balaban J connectivity index is 2.04. The molecule has 1 fully saturated rings. The molecule has 0 amide bonds. The monoisotopic (exact) mass is 256 g/mol. The van der Waals surface area contributed by atoms with Crippen LogP contribution in [0.2, 0.25) is 0 Å². The van der Waals surface area contributed by atoms with Crippen LogP contribution in [0.5, 0.6) is 5.75 Å². The van der Waals surface area contributed by atoms with Crippen LogP contribution in [-0.4, -0.2) is 32.4 Å². The Hall–Kier alpha value is -1.11. The van der Waals surface area contributed by atoms with Crippen molar-refractivity contribution in [2.75, 3.05) is 19.7 Å². The number of rotatable bonds is 4. The first kappa shape index (κ1) is 12.3. The molecule has 0 unspecified atom stereocenters. The molecule has 0 spiro atoms. The van der Waals surface area contributed by atoms with Crippen molar-refractivity contribution in [3.8, 4) is 5.75 Å². The Bertz CT molecular complexity index is 470. The van der Waals surface area contributed by atoms with Crippen LogP contribution in [0.1, 0.15) is 12.5 Å². The first-order chi connectivity index (χ1) is 8.12. The summed E-state index contributed by atoms with van der Waals surface area (Å²) in [6.45, 7) is 3.97. The van der Waals surface area contributed by atoms with Gasteiger partial charge in [-0.1, -0.05) is 12.1 Å². The van der Waals surface area contributed by atoms with Crippen LogP contribution >= 0.6 is 0 Å². The number of hydrogen-bond acceptors (Lipinski definition) is 3. The highest BCUT2D eigenvalue weighted by molar-refractivity contribution is 7.87. The summed E-state index contributed by atoms with van der Waals surface area (Å²) in [7, 11) is -3.25. The van der Waals surface area contributed by atoms with Gasteiger partial charge in [0.05, 0.1) is 6.61 Å². The van der Waals surface area contributed by atoms with Crippen molar-refractivity contribution < 1.29 is 13.2 Å². The SMILES string of the molecule is CCOc1ccc(CN2CCNS2(=O)=O)cc1. The molecule has 1 aromatic rings. The van der Waals surface area contributed by atoms with E-state index in [4.69, 9.17) is 4.74 Å². The predicted molar refractivity (Wildman–Crippen MR) is 64.9 cm³/mol. The maximum atomic E-state index is 11.5. The smallest absolute Gasteiger partial charge is 0.279 e. The van der Waals surface area contributed by atoms with E-state index in [1.54, 1.807) is 0 Å². The highest BCUT2D eigenvalue weighted by Crippen LogP contribution is 2.15. The van der Waals surface area contributed by atoms with Gasteiger partial charge in [0.25, 0.3) is 10.2 Å². The second kappa shape index (κ2) is 5.03. The van der Waals surface area contributed by atoms with Crippen molar-refractivity contribution in [2.45, 2.75) is 13.5 Å². The molecule has 6 heteroatoms. The molecule has 1 aliphatic heterocycles. The van der Waals surface area contributed by atoms with E-state index in [9.17, 15) is 8.42 Å². The lowest BCUT2D eigenvalue weighted by Gasteiger charge is -2.13. The average molecular weight is 256 g/mol. The maximum Gasteiger partial charge on any atom is 0.279 e. The van der Waals surface area contributed by atoms with Gasteiger partial charge in [0, 0.05) is 19.6 Å². The van der Waals surface area contributed by atoms with Gasteiger partial charge in [-0.05, 0) is 24.6 Å². The Morgan fingerprint density at radius 1 is 1.35 bits per heavy atom. The fourth-order valence-electron chi connectivity index (χ4n) is 1.74. The van der Waals surface area contributed by atoms with Gasteiger partial charge in [-0.3, -0.25) is 0 Å². The van der Waals surface area contributed by atoms with Crippen LogP contribution in [0.25, 0.3) is 0 Å².